The van der Waals surface area contributed by atoms with E-state index in [-0.39, 0.29) is 22.3 Å². The third-order valence-corrected chi connectivity index (χ3v) is 4.65. The Morgan fingerprint density at radius 1 is 1.57 bits per heavy atom. The summed E-state index contributed by atoms with van der Waals surface area (Å²) < 4.78 is 0.669. The maximum atomic E-state index is 12.1. The lowest BCUT2D eigenvalue weighted by Gasteiger charge is -2.11. The van der Waals surface area contributed by atoms with Crippen LogP contribution in [0.25, 0.3) is 0 Å². The second kappa shape index (κ2) is 6.83. The number of anilines is 1. The molecule has 1 amide bonds. The van der Waals surface area contributed by atoms with Gasteiger partial charge in [0.15, 0.2) is 4.34 Å². The molecule has 0 aliphatic carbocycles. The second-order valence-electron chi connectivity index (χ2n) is 3.88. The van der Waals surface area contributed by atoms with Crippen molar-refractivity contribution in [2.24, 2.45) is 0 Å². The van der Waals surface area contributed by atoms with E-state index >= 15 is 0 Å². The Morgan fingerprint density at radius 2 is 2.33 bits per heavy atom. The first kappa shape index (κ1) is 15.7. The predicted molar refractivity (Wildman–Crippen MR) is 82.0 cm³/mol. The number of thioether (sulfide) groups is 1. The van der Waals surface area contributed by atoms with Crippen molar-refractivity contribution in [1.82, 2.24) is 10.2 Å². The van der Waals surface area contributed by atoms with Crippen molar-refractivity contribution in [2.75, 3.05) is 5.32 Å². The molecule has 1 heterocycles. The van der Waals surface area contributed by atoms with Crippen LogP contribution in [0.3, 0.4) is 0 Å². The molecule has 1 N–H and O–H groups in total. The Bertz CT molecular complexity index is 665. The van der Waals surface area contributed by atoms with Gasteiger partial charge in [-0.3, -0.25) is 14.9 Å². The molecule has 21 heavy (non-hydrogen) atoms. The number of nitrogens with zero attached hydrogens (tertiary/aromatic N) is 3. The number of carbonyl (C=O) groups excluding carboxylic acids is 1. The first-order chi connectivity index (χ1) is 9.97. The third-order valence-electron chi connectivity index (χ3n) is 2.41. The van der Waals surface area contributed by atoms with Crippen molar-refractivity contribution in [2.45, 2.75) is 16.5 Å². The Labute approximate surface area is 132 Å². The van der Waals surface area contributed by atoms with Gasteiger partial charge in [0.2, 0.25) is 5.91 Å². The van der Waals surface area contributed by atoms with Crippen molar-refractivity contribution in [3.8, 4) is 0 Å². The number of amides is 1. The molecular weight excluding hydrogens is 336 g/mol. The molecule has 2 rings (SSSR count). The van der Waals surface area contributed by atoms with Gasteiger partial charge in [0.1, 0.15) is 5.51 Å². The summed E-state index contributed by atoms with van der Waals surface area (Å²) in [4.78, 5) is 22.2. The molecule has 0 unspecified atom stereocenters. The summed E-state index contributed by atoms with van der Waals surface area (Å²) in [6.07, 6.45) is 0. The van der Waals surface area contributed by atoms with Crippen molar-refractivity contribution in [1.29, 1.82) is 0 Å². The van der Waals surface area contributed by atoms with Crippen molar-refractivity contribution in [3.63, 3.8) is 0 Å². The molecule has 1 aromatic carbocycles. The van der Waals surface area contributed by atoms with E-state index in [2.05, 4.69) is 15.5 Å². The summed E-state index contributed by atoms with van der Waals surface area (Å²) in [5.41, 5.74) is 1.64. The predicted octanol–water partition coefficient (Wildman–Crippen LogP) is 3.22. The molecule has 0 aliphatic heterocycles. The van der Waals surface area contributed by atoms with E-state index in [1.165, 1.54) is 41.3 Å². The van der Waals surface area contributed by atoms with Crippen LogP contribution >= 0.6 is 34.7 Å². The van der Waals surface area contributed by atoms with Crippen LogP contribution in [0.4, 0.5) is 11.4 Å². The Hall–Kier alpha value is -1.71. The molecular formula is C11H9ClN4O3S2. The number of aromatic nitrogens is 2. The minimum absolute atomic E-state index is 0.140. The molecule has 0 bridgehead atoms. The van der Waals surface area contributed by atoms with Crippen LogP contribution in [0.1, 0.15) is 6.92 Å². The Kier molecular flexibility index (Phi) is 5.10. The van der Waals surface area contributed by atoms with E-state index in [4.69, 9.17) is 11.6 Å². The van der Waals surface area contributed by atoms with Crippen molar-refractivity contribution < 1.29 is 9.72 Å². The zero-order valence-electron chi connectivity index (χ0n) is 10.6. The molecule has 10 heteroatoms. The largest absolute Gasteiger partial charge is 0.324 e. The topological polar surface area (TPSA) is 98.0 Å². The van der Waals surface area contributed by atoms with Crippen molar-refractivity contribution >= 4 is 52.0 Å². The number of carbonyl (C=O) groups is 1. The van der Waals surface area contributed by atoms with Crippen LogP contribution in [0.2, 0.25) is 5.02 Å². The quantitative estimate of drug-likeness (QED) is 0.508. The van der Waals surface area contributed by atoms with Crippen LogP contribution in [0.5, 0.6) is 0 Å². The monoisotopic (exact) mass is 344 g/mol. The Morgan fingerprint density at radius 3 is 2.95 bits per heavy atom. The van der Waals surface area contributed by atoms with Gasteiger partial charge in [-0.2, -0.15) is 0 Å². The summed E-state index contributed by atoms with van der Waals surface area (Å²) in [5.74, 6) is -0.322. The van der Waals surface area contributed by atoms with Gasteiger partial charge < -0.3 is 5.32 Å². The van der Waals surface area contributed by atoms with Gasteiger partial charge in [0, 0.05) is 12.1 Å². The average molecular weight is 345 g/mol. The number of nitro benzene ring substituents is 1. The SMILES string of the molecule is C[C@@H](Sc1nncs1)C(=O)Nc1cc([N+](=O)[O-])ccc1Cl. The maximum Gasteiger partial charge on any atom is 0.271 e. The lowest BCUT2D eigenvalue weighted by molar-refractivity contribution is -0.384. The standard InChI is InChI=1S/C11H9ClN4O3S2/c1-6(21-11-15-13-5-20-11)10(17)14-9-4-7(16(18)19)2-3-8(9)12/h2-6H,1H3,(H,14,17)/t6-/m1/s1. The molecule has 0 spiro atoms. The number of halogens is 1. The number of rotatable bonds is 5. The first-order valence-electron chi connectivity index (χ1n) is 5.65. The summed E-state index contributed by atoms with van der Waals surface area (Å²) >= 11 is 8.51. The molecule has 0 fully saturated rings. The zero-order valence-corrected chi connectivity index (χ0v) is 13.0. The minimum Gasteiger partial charge on any atom is -0.324 e. The van der Waals surface area contributed by atoms with Gasteiger partial charge in [0.05, 0.1) is 20.9 Å². The lowest BCUT2D eigenvalue weighted by atomic mass is 10.2. The van der Waals surface area contributed by atoms with Crippen molar-refractivity contribution in [3.05, 3.63) is 38.8 Å². The molecule has 0 radical (unpaired) electrons. The summed E-state index contributed by atoms with van der Waals surface area (Å²) in [7, 11) is 0. The van der Waals surface area contributed by atoms with Gasteiger partial charge in [-0.1, -0.05) is 34.7 Å². The van der Waals surface area contributed by atoms with E-state index in [9.17, 15) is 14.9 Å². The highest BCUT2D eigenvalue weighted by molar-refractivity contribution is 8.02. The fourth-order valence-electron chi connectivity index (χ4n) is 1.38. The molecule has 0 aliphatic rings. The van der Waals surface area contributed by atoms with Crippen LogP contribution < -0.4 is 5.32 Å². The molecule has 110 valence electrons. The maximum absolute atomic E-state index is 12.1. The smallest absolute Gasteiger partial charge is 0.271 e. The molecule has 0 saturated carbocycles. The highest BCUT2D eigenvalue weighted by Crippen LogP contribution is 2.29. The number of nitro groups is 1. The molecule has 0 saturated heterocycles. The fourth-order valence-corrected chi connectivity index (χ4v) is 3.17. The van der Waals surface area contributed by atoms with Gasteiger partial charge in [-0.05, 0) is 13.0 Å². The van der Waals surface area contributed by atoms with E-state index < -0.39 is 10.2 Å². The molecule has 1 atom stereocenters. The molecule has 1 aromatic heterocycles. The second-order valence-corrected chi connectivity index (χ2v) is 6.70. The third kappa shape index (κ3) is 4.13. The molecule has 7 nitrogen and oxygen atoms in total. The van der Waals surface area contributed by atoms with Gasteiger partial charge in [-0.25, -0.2) is 0 Å². The van der Waals surface area contributed by atoms with E-state index in [0.717, 1.165) is 0 Å². The highest BCUT2D eigenvalue weighted by Gasteiger charge is 2.18. The number of non-ortho nitro benzene ring substituents is 1. The van der Waals surface area contributed by atoms with Crippen LogP contribution in [0, 0.1) is 10.1 Å². The summed E-state index contributed by atoms with van der Waals surface area (Å²) in [6.45, 7) is 1.70. The molecule has 2 aromatic rings. The van der Waals surface area contributed by atoms with E-state index in [1.54, 1.807) is 12.4 Å². The average Bonchev–Trinajstić information content (AvgIpc) is 2.93. The normalized spacial score (nSPS) is 11.9. The van der Waals surface area contributed by atoms with Gasteiger partial charge >= 0.3 is 0 Å². The minimum atomic E-state index is -0.550. The first-order valence-corrected chi connectivity index (χ1v) is 7.78. The van der Waals surface area contributed by atoms with Gasteiger partial charge in [-0.15, -0.1) is 10.2 Å². The van der Waals surface area contributed by atoms with Crippen LogP contribution in [-0.2, 0) is 4.79 Å². The summed E-state index contributed by atoms with van der Waals surface area (Å²) in [6, 6.07) is 3.87. The van der Waals surface area contributed by atoms with Crippen LogP contribution in [0.15, 0.2) is 28.0 Å². The van der Waals surface area contributed by atoms with Crippen LogP contribution in [-0.4, -0.2) is 26.3 Å². The van der Waals surface area contributed by atoms with E-state index in [1.807, 2.05) is 0 Å². The lowest BCUT2D eigenvalue weighted by Crippen LogP contribution is -2.22. The number of benzene rings is 1. The van der Waals surface area contributed by atoms with E-state index in [0.29, 0.717) is 4.34 Å². The number of hydrogen-bond donors (Lipinski definition) is 1. The number of nitrogens with one attached hydrogen (secondary N) is 1. The summed E-state index contributed by atoms with van der Waals surface area (Å²) in [5, 5.41) is 20.6. The Balaban J connectivity index is 2.08. The fraction of sp³-hybridized carbons (Fsp3) is 0.182. The van der Waals surface area contributed by atoms with Gasteiger partial charge in [0.25, 0.3) is 5.69 Å². The zero-order chi connectivity index (χ0) is 15.4. The number of hydrogen-bond acceptors (Lipinski definition) is 7. The highest BCUT2D eigenvalue weighted by atomic mass is 35.5.